The second-order valence-electron chi connectivity index (χ2n) is 39.2. The summed E-state index contributed by atoms with van der Waals surface area (Å²) < 4.78 is 27.2. The van der Waals surface area contributed by atoms with Crippen LogP contribution in [0.2, 0.25) is 0 Å². The number of fused-ring (bicyclic) bond motifs is 18. The Morgan fingerprint density at radius 1 is 0.192 bits per heavy atom. The van der Waals surface area contributed by atoms with Gasteiger partial charge in [0.25, 0.3) is 0 Å². The number of para-hydroxylation sites is 4. The fourth-order valence-corrected chi connectivity index (χ4v) is 23.0. The third kappa shape index (κ3) is 14.9. The number of hydrogen-bond acceptors (Lipinski definition) is 15. The minimum absolute atomic E-state index is 0.126. The maximum atomic E-state index is 6.26. The van der Waals surface area contributed by atoms with E-state index in [1.165, 1.54) is 86.9 Å². The van der Waals surface area contributed by atoms with E-state index in [9.17, 15) is 0 Å². The monoisotopic (exact) mass is 1900 g/mol. The summed E-state index contributed by atoms with van der Waals surface area (Å²) in [5.41, 5.74) is 32.5. The van der Waals surface area contributed by atoms with Gasteiger partial charge >= 0.3 is 0 Å². The predicted molar refractivity (Wildman–Crippen MR) is 590 cm³/mol. The van der Waals surface area contributed by atoms with Gasteiger partial charge in [-0.25, -0.2) is 44.9 Å². The van der Waals surface area contributed by atoms with Gasteiger partial charge in [-0.05, 0) is 151 Å². The SMILES string of the molecule is CC1(C)c2ccccc2-c2c(-c3nc(-c4ccc(-c5cc6ccccc6o5)cc4)nc(-c4ccc5c(c4)oc4ccccc45)n3)cccc21.CC1(C)c2ccccc2-c2c(-c3nc(-c4ccc(-c5cc6ccccc6o5)cc4)nc(-c4ccc5c(c4)sc4ccccc45)n3)cccc21.CC1(C)c2ccccc2-c2c(-c3nc(-c4ccc(-c5cccnc5)cc4)nc(-c4ccc(-c5cc6ccccc6o5)cc4)n3)cccc21. The van der Waals surface area contributed by atoms with Crippen LogP contribution in [0.5, 0.6) is 0 Å². The molecule has 0 aliphatic heterocycles. The third-order valence-corrected chi connectivity index (χ3v) is 30.6. The van der Waals surface area contributed by atoms with Crippen molar-refractivity contribution in [3.63, 3.8) is 0 Å². The fraction of sp³-hybridized carbons (Fsp3) is 0.0687. The molecule has 0 saturated heterocycles. The molecule has 692 valence electrons. The van der Waals surface area contributed by atoms with E-state index in [0.717, 1.165) is 150 Å². The Morgan fingerprint density at radius 2 is 0.493 bits per heavy atom. The Kier molecular flexibility index (Phi) is 20.5. The van der Waals surface area contributed by atoms with E-state index in [2.05, 4.69) is 374 Å². The highest BCUT2D eigenvalue weighted by atomic mass is 32.1. The zero-order valence-electron chi connectivity index (χ0n) is 80.4. The molecule has 146 heavy (non-hydrogen) atoms. The molecular weight excluding hydrogens is 1810 g/mol. The molecule has 0 bridgehead atoms. The molecule has 9 aromatic heterocycles. The van der Waals surface area contributed by atoms with Crippen molar-refractivity contribution in [2.75, 3.05) is 0 Å². The molecule has 0 N–H and O–H groups in total. The molecule has 29 rings (SSSR count). The van der Waals surface area contributed by atoms with E-state index in [1.54, 1.807) is 17.5 Å². The number of furan rings is 4. The molecule has 0 radical (unpaired) electrons. The molecular formula is C131H88N10O4S. The molecule has 0 fully saturated rings. The van der Waals surface area contributed by atoms with Crippen molar-refractivity contribution in [2.24, 2.45) is 0 Å². The first kappa shape index (κ1) is 86.6. The highest BCUT2D eigenvalue weighted by Crippen LogP contribution is 2.56. The van der Waals surface area contributed by atoms with Crippen LogP contribution in [-0.4, -0.2) is 49.8 Å². The van der Waals surface area contributed by atoms with Gasteiger partial charge in [0, 0.05) is 143 Å². The van der Waals surface area contributed by atoms with Crippen molar-refractivity contribution < 1.29 is 17.7 Å². The first-order valence-corrected chi connectivity index (χ1v) is 50.0. The largest absolute Gasteiger partial charge is 0.456 e. The Hall–Kier alpha value is -18.4. The van der Waals surface area contributed by atoms with Crippen LogP contribution in [-0.2, 0) is 16.2 Å². The van der Waals surface area contributed by atoms with Gasteiger partial charge in [-0.15, -0.1) is 11.3 Å². The molecule has 3 aliphatic rings. The van der Waals surface area contributed by atoms with Gasteiger partial charge < -0.3 is 17.7 Å². The minimum atomic E-state index is -0.139. The standard InChI is InChI=1S/C44H29N3O2.C44H29N3OS.C43H30N4O/c1-44(2)34-14-6-4-12-32(34)40-33(13-9-15-35(40)44)43-46-41(27-20-18-26(19-21-27)38-24-28-10-3-7-16-36(28)48-38)45-42(47-43)29-22-23-31-30-11-5-8-17-37(30)49-39(31)25-29;1-44(2)34-14-6-4-12-32(34)40-33(13-9-15-35(40)44)43-46-41(27-20-18-26(19-21-27)37-24-28-10-3-7-16-36(28)48-37)45-42(47-43)29-22-23-31-30-11-5-8-17-38(30)49-39(31)25-29;1-43(2)35-13-5-4-11-33(35)39-34(12-7-14-36(39)43)42-46-40(29-20-16-27(17-21-29)32-10-8-24-44-26-32)45-41(47-42)30-22-18-28(19-23-30)38-25-31-9-3-6-15-37(31)48-38/h2*3-25H,1-2H3;3-26H,1-2H3. The lowest BCUT2D eigenvalue weighted by atomic mass is 9.82. The quantitative estimate of drug-likeness (QED) is 0.106. The van der Waals surface area contributed by atoms with Crippen LogP contribution in [0.25, 0.3) is 256 Å². The molecule has 26 aromatic rings. The van der Waals surface area contributed by atoms with Crippen LogP contribution in [0.1, 0.15) is 74.9 Å². The molecule has 17 aromatic carbocycles. The second kappa shape index (κ2) is 34.5. The summed E-state index contributed by atoms with van der Waals surface area (Å²) in [5, 5.41) is 7.93. The van der Waals surface area contributed by atoms with Crippen LogP contribution < -0.4 is 0 Å². The zero-order valence-corrected chi connectivity index (χ0v) is 81.2. The fourth-order valence-electron chi connectivity index (χ4n) is 21.9. The third-order valence-electron chi connectivity index (χ3n) is 29.4. The highest BCUT2D eigenvalue weighted by Gasteiger charge is 2.41. The van der Waals surface area contributed by atoms with Gasteiger partial charge in [0.1, 0.15) is 45.2 Å². The molecule has 0 amide bonds. The first-order valence-electron chi connectivity index (χ1n) is 49.2. The van der Waals surface area contributed by atoms with Gasteiger partial charge in [0.2, 0.25) is 0 Å². The predicted octanol–water partition coefficient (Wildman–Crippen LogP) is 34.1. The normalized spacial score (nSPS) is 13.2. The van der Waals surface area contributed by atoms with E-state index >= 15 is 0 Å². The van der Waals surface area contributed by atoms with Crippen molar-refractivity contribution in [1.29, 1.82) is 0 Å². The van der Waals surface area contributed by atoms with E-state index < -0.39 is 0 Å². The van der Waals surface area contributed by atoms with Gasteiger partial charge in [0.15, 0.2) is 52.4 Å². The van der Waals surface area contributed by atoms with E-state index in [-0.39, 0.29) is 16.2 Å². The summed E-state index contributed by atoms with van der Waals surface area (Å²) in [6.45, 7) is 13.8. The van der Waals surface area contributed by atoms with E-state index in [1.807, 2.05) is 91.1 Å². The molecule has 0 unspecified atom stereocenters. The van der Waals surface area contributed by atoms with Gasteiger partial charge in [-0.3, -0.25) is 4.98 Å². The van der Waals surface area contributed by atoms with Gasteiger partial charge in [-0.2, -0.15) is 0 Å². The van der Waals surface area contributed by atoms with Crippen molar-refractivity contribution >= 4 is 86.4 Å². The molecule has 9 heterocycles. The number of pyridine rings is 1. The van der Waals surface area contributed by atoms with E-state index in [0.29, 0.717) is 52.4 Å². The summed E-state index contributed by atoms with van der Waals surface area (Å²) in [4.78, 5) is 50.6. The Bertz CT molecular complexity index is 9250. The van der Waals surface area contributed by atoms with Crippen molar-refractivity contribution in [2.45, 2.75) is 57.8 Å². The van der Waals surface area contributed by atoms with E-state index in [4.69, 9.17) is 62.5 Å². The van der Waals surface area contributed by atoms with Gasteiger partial charge in [0.05, 0.1) is 0 Å². The number of benzene rings is 17. The second-order valence-corrected chi connectivity index (χ2v) is 40.3. The lowest BCUT2D eigenvalue weighted by molar-refractivity contribution is 0.631. The number of thiophene rings is 1. The first-order chi connectivity index (χ1) is 71.5. The lowest BCUT2D eigenvalue weighted by Gasteiger charge is -2.21. The number of nitrogens with zero attached hydrogens (tertiary/aromatic N) is 10. The Morgan fingerprint density at radius 3 is 0.897 bits per heavy atom. The summed E-state index contributed by atoms with van der Waals surface area (Å²) in [6, 6.07) is 143. The number of hydrogen-bond donors (Lipinski definition) is 0. The number of aromatic nitrogens is 10. The average molecular weight is 1900 g/mol. The highest BCUT2D eigenvalue weighted by molar-refractivity contribution is 7.25. The van der Waals surface area contributed by atoms with Crippen LogP contribution in [0.3, 0.4) is 0 Å². The van der Waals surface area contributed by atoms with Crippen LogP contribution in [0, 0.1) is 0 Å². The lowest BCUT2D eigenvalue weighted by Crippen LogP contribution is -2.14. The summed E-state index contributed by atoms with van der Waals surface area (Å²) in [7, 11) is 0. The Labute approximate surface area is 845 Å². The summed E-state index contributed by atoms with van der Waals surface area (Å²) in [6.07, 6.45) is 3.66. The van der Waals surface area contributed by atoms with Gasteiger partial charge in [-0.1, -0.05) is 381 Å². The van der Waals surface area contributed by atoms with Crippen molar-refractivity contribution in [3.8, 4) is 181 Å². The van der Waals surface area contributed by atoms with Crippen molar-refractivity contribution in [3.05, 3.63) is 458 Å². The summed E-state index contributed by atoms with van der Waals surface area (Å²) >= 11 is 1.80. The molecule has 14 nitrogen and oxygen atoms in total. The molecule has 3 aliphatic carbocycles. The smallest absolute Gasteiger partial charge is 0.164 e. The van der Waals surface area contributed by atoms with Crippen LogP contribution >= 0.6 is 11.3 Å². The molecule has 0 saturated carbocycles. The van der Waals surface area contributed by atoms with Crippen LogP contribution in [0.15, 0.2) is 443 Å². The zero-order chi connectivity index (χ0) is 97.6. The Balaban J connectivity index is 0.000000109. The van der Waals surface area contributed by atoms with Crippen LogP contribution in [0.4, 0.5) is 0 Å². The minimum Gasteiger partial charge on any atom is -0.456 e. The maximum Gasteiger partial charge on any atom is 0.164 e. The molecule has 0 atom stereocenters. The summed E-state index contributed by atoms with van der Waals surface area (Å²) in [5.74, 6) is 8.16. The molecule has 0 spiro atoms. The maximum absolute atomic E-state index is 6.26. The average Bonchev–Trinajstić information content (AvgIpc) is 1.57. The molecule has 15 heteroatoms. The van der Waals surface area contributed by atoms with Crippen molar-refractivity contribution in [1.82, 2.24) is 49.8 Å². The topological polar surface area (TPSA) is 181 Å². The number of rotatable bonds is 13.